The van der Waals surface area contributed by atoms with Gasteiger partial charge in [-0.3, -0.25) is 29.4 Å². The van der Waals surface area contributed by atoms with E-state index in [-0.39, 0.29) is 16.8 Å². The molecule has 1 aliphatic rings. The molecule has 1 aliphatic heterocycles. The molecular weight excluding hydrogens is 316 g/mol. The number of benzene rings is 1. The lowest BCUT2D eigenvalue weighted by Crippen LogP contribution is -2.40. The second-order valence-electron chi connectivity index (χ2n) is 5.69. The minimum absolute atomic E-state index is 0.0467. The highest BCUT2D eigenvalue weighted by Gasteiger charge is 2.37. The number of nitrogens with zero attached hydrogens (tertiary/aromatic N) is 3. The molecule has 1 heterocycles. The number of non-ortho nitro benzene ring substituents is 1. The third-order valence-corrected chi connectivity index (χ3v) is 3.57. The van der Waals surface area contributed by atoms with Crippen molar-refractivity contribution in [3.8, 4) is 0 Å². The van der Waals surface area contributed by atoms with Gasteiger partial charge >= 0.3 is 0 Å². The molecule has 0 aromatic heterocycles. The molecule has 0 spiro atoms. The van der Waals surface area contributed by atoms with Crippen LogP contribution in [0.15, 0.2) is 18.2 Å². The van der Waals surface area contributed by atoms with Crippen molar-refractivity contribution < 1.29 is 19.3 Å². The lowest BCUT2D eigenvalue weighted by atomic mass is 10.1. The van der Waals surface area contributed by atoms with Crippen molar-refractivity contribution in [2.75, 3.05) is 33.7 Å². The fraction of sp³-hybridized carbons (Fsp3) is 0.400. The maximum absolute atomic E-state index is 12.2. The Hall–Kier alpha value is -2.81. The average Bonchev–Trinajstić information content (AvgIpc) is 2.76. The monoisotopic (exact) mass is 334 g/mol. The molecule has 0 aliphatic carbocycles. The second kappa shape index (κ2) is 7.18. The maximum Gasteiger partial charge on any atom is 0.270 e. The number of carbonyl (C=O) groups excluding carboxylic acids is 3. The summed E-state index contributed by atoms with van der Waals surface area (Å²) in [7, 11) is 3.83. The first-order valence-electron chi connectivity index (χ1n) is 7.37. The molecule has 0 atom stereocenters. The van der Waals surface area contributed by atoms with E-state index >= 15 is 0 Å². The summed E-state index contributed by atoms with van der Waals surface area (Å²) in [6, 6.07) is 3.46. The van der Waals surface area contributed by atoms with Gasteiger partial charge in [0, 0.05) is 18.7 Å². The lowest BCUT2D eigenvalue weighted by Gasteiger charge is -2.14. The number of amides is 3. The van der Waals surface area contributed by atoms with E-state index in [0.717, 1.165) is 30.0 Å². The lowest BCUT2D eigenvalue weighted by molar-refractivity contribution is -0.384. The summed E-state index contributed by atoms with van der Waals surface area (Å²) in [5.41, 5.74) is -0.245. The van der Waals surface area contributed by atoms with Crippen molar-refractivity contribution in [2.45, 2.75) is 6.42 Å². The molecule has 2 rings (SSSR count). The highest BCUT2D eigenvalue weighted by Crippen LogP contribution is 2.26. The largest absolute Gasteiger partial charge is 0.354 e. The van der Waals surface area contributed by atoms with Gasteiger partial charge in [0.1, 0.15) is 6.54 Å². The molecule has 0 fully saturated rings. The van der Waals surface area contributed by atoms with E-state index in [4.69, 9.17) is 0 Å². The Labute approximate surface area is 138 Å². The first-order chi connectivity index (χ1) is 11.3. The fourth-order valence-electron chi connectivity index (χ4n) is 2.36. The standard InChI is InChI=1S/C15H18N4O5/c1-17(2)7-3-6-16-13(20)9-18-14(21)11-5-4-10(19(23)24)8-12(11)15(18)22/h4-5,8H,3,6-7,9H2,1-2H3,(H,16,20). The van der Waals surface area contributed by atoms with Gasteiger partial charge in [0.2, 0.25) is 5.91 Å². The van der Waals surface area contributed by atoms with E-state index in [1.165, 1.54) is 6.07 Å². The molecule has 0 radical (unpaired) electrons. The number of nitrogens with one attached hydrogen (secondary N) is 1. The number of imide groups is 1. The molecule has 0 bridgehead atoms. The minimum atomic E-state index is -0.692. The number of fused-ring (bicyclic) bond motifs is 1. The van der Waals surface area contributed by atoms with Gasteiger partial charge in [-0.1, -0.05) is 0 Å². The van der Waals surface area contributed by atoms with Crippen molar-refractivity contribution in [3.05, 3.63) is 39.4 Å². The van der Waals surface area contributed by atoms with Crippen LogP contribution in [0.3, 0.4) is 0 Å². The molecule has 0 saturated carbocycles. The average molecular weight is 334 g/mol. The van der Waals surface area contributed by atoms with Crippen LogP contribution in [-0.2, 0) is 4.79 Å². The highest BCUT2D eigenvalue weighted by atomic mass is 16.6. The van der Waals surface area contributed by atoms with Crippen molar-refractivity contribution in [1.82, 2.24) is 15.1 Å². The van der Waals surface area contributed by atoms with Gasteiger partial charge in [-0.05, 0) is 33.1 Å². The molecule has 9 nitrogen and oxygen atoms in total. The maximum atomic E-state index is 12.2. The molecule has 24 heavy (non-hydrogen) atoms. The van der Waals surface area contributed by atoms with Gasteiger partial charge < -0.3 is 10.2 Å². The van der Waals surface area contributed by atoms with Crippen LogP contribution < -0.4 is 5.32 Å². The van der Waals surface area contributed by atoms with Crippen LogP contribution in [0.1, 0.15) is 27.1 Å². The third kappa shape index (κ3) is 3.74. The van der Waals surface area contributed by atoms with Gasteiger partial charge in [-0.25, -0.2) is 0 Å². The Bertz CT molecular complexity index is 701. The third-order valence-electron chi connectivity index (χ3n) is 3.57. The molecule has 0 saturated heterocycles. The SMILES string of the molecule is CN(C)CCCNC(=O)CN1C(=O)c2ccc([N+](=O)[O-])cc2C1=O. The number of hydrogen-bond acceptors (Lipinski definition) is 6. The molecule has 1 N–H and O–H groups in total. The van der Waals surface area contributed by atoms with E-state index in [1.54, 1.807) is 0 Å². The van der Waals surface area contributed by atoms with E-state index in [9.17, 15) is 24.5 Å². The molecule has 0 unspecified atom stereocenters. The van der Waals surface area contributed by atoms with Gasteiger partial charge in [-0.2, -0.15) is 0 Å². The van der Waals surface area contributed by atoms with Crippen molar-refractivity contribution in [3.63, 3.8) is 0 Å². The van der Waals surface area contributed by atoms with Crippen LogP contribution in [0, 0.1) is 10.1 Å². The zero-order valence-electron chi connectivity index (χ0n) is 13.4. The van der Waals surface area contributed by atoms with E-state index < -0.39 is 29.2 Å². The van der Waals surface area contributed by atoms with Crippen LogP contribution in [0.25, 0.3) is 0 Å². The number of rotatable bonds is 7. The summed E-state index contributed by atoms with van der Waals surface area (Å²) < 4.78 is 0. The van der Waals surface area contributed by atoms with Crippen molar-refractivity contribution in [2.24, 2.45) is 0 Å². The topological polar surface area (TPSA) is 113 Å². The van der Waals surface area contributed by atoms with Gasteiger partial charge in [0.25, 0.3) is 17.5 Å². The second-order valence-corrected chi connectivity index (χ2v) is 5.69. The minimum Gasteiger partial charge on any atom is -0.354 e. The van der Waals surface area contributed by atoms with E-state index in [0.29, 0.717) is 6.54 Å². The van der Waals surface area contributed by atoms with Gasteiger partial charge in [-0.15, -0.1) is 0 Å². The predicted molar refractivity (Wildman–Crippen MR) is 84.6 cm³/mol. The summed E-state index contributed by atoms with van der Waals surface area (Å²) in [6.07, 6.45) is 0.743. The van der Waals surface area contributed by atoms with Crippen LogP contribution >= 0.6 is 0 Å². The van der Waals surface area contributed by atoms with Crippen molar-refractivity contribution in [1.29, 1.82) is 0 Å². The van der Waals surface area contributed by atoms with Crippen LogP contribution in [-0.4, -0.2) is 66.2 Å². The molecular formula is C15H18N4O5. The fourth-order valence-corrected chi connectivity index (χ4v) is 2.36. The van der Waals surface area contributed by atoms with Crippen LogP contribution in [0.4, 0.5) is 5.69 Å². The first kappa shape index (κ1) is 17.5. The smallest absolute Gasteiger partial charge is 0.270 e. The highest BCUT2D eigenvalue weighted by molar-refractivity contribution is 6.22. The molecule has 3 amide bonds. The van der Waals surface area contributed by atoms with E-state index in [1.807, 2.05) is 19.0 Å². The summed E-state index contributed by atoms with van der Waals surface area (Å²) in [5.74, 6) is -1.76. The molecule has 1 aromatic carbocycles. The Kier molecular flexibility index (Phi) is 5.24. The van der Waals surface area contributed by atoms with E-state index in [2.05, 4.69) is 5.32 Å². The Morgan fingerprint density at radius 1 is 1.25 bits per heavy atom. The number of hydrogen-bond donors (Lipinski definition) is 1. The Morgan fingerprint density at radius 2 is 1.92 bits per heavy atom. The molecule has 9 heteroatoms. The molecule has 1 aromatic rings. The Morgan fingerprint density at radius 3 is 2.54 bits per heavy atom. The summed E-state index contributed by atoms with van der Waals surface area (Å²) in [6.45, 7) is 0.838. The van der Waals surface area contributed by atoms with Gasteiger partial charge in [0.15, 0.2) is 0 Å². The van der Waals surface area contributed by atoms with Crippen molar-refractivity contribution >= 4 is 23.4 Å². The normalized spacial score (nSPS) is 13.4. The quantitative estimate of drug-likeness (QED) is 0.331. The van der Waals surface area contributed by atoms with Crippen LogP contribution in [0.2, 0.25) is 0 Å². The zero-order valence-corrected chi connectivity index (χ0v) is 13.4. The molecule has 128 valence electrons. The van der Waals surface area contributed by atoms with Crippen LogP contribution in [0.5, 0.6) is 0 Å². The Balaban J connectivity index is 2.00. The predicted octanol–water partition coefficient (Wildman–Crippen LogP) is 0.259. The summed E-state index contributed by atoms with van der Waals surface area (Å²) in [4.78, 5) is 49.2. The summed E-state index contributed by atoms with van der Waals surface area (Å²) in [5, 5.41) is 13.4. The first-order valence-corrected chi connectivity index (χ1v) is 7.37. The number of nitro benzene ring substituents is 1. The zero-order chi connectivity index (χ0) is 17.9. The number of carbonyl (C=O) groups is 3. The number of nitro groups is 1. The summed E-state index contributed by atoms with van der Waals surface area (Å²) >= 11 is 0. The van der Waals surface area contributed by atoms with Gasteiger partial charge in [0.05, 0.1) is 16.1 Å².